The van der Waals surface area contributed by atoms with Crippen molar-refractivity contribution in [2.75, 3.05) is 0 Å². The molecule has 1 aromatic rings. The van der Waals surface area contributed by atoms with E-state index in [4.69, 9.17) is 9.47 Å². The lowest BCUT2D eigenvalue weighted by Crippen LogP contribution is -2.61. The van der Waals surface area contributed by atoms with E-state index in [2.05, 4.69) is 5.32 Å². The van der Waals surface area contributed by atoms with E-state index in [1.807, 2.05) is 30.3 Å². The van der Waals surface area contributed by atoms with Gasteiger partial charge in [0.25, 0.3) is 0 Å². The summed E-state index contributed by atoms with van der Waals surface area (Å²) in [4.78, 5) is 52.0. The Balaban J connectivity index is 1.47. The molecular weight excluding hydrogens is 540 g/mol. The molecule has 2 unspecified atom stereocenters. The van der Waals surface area contributed by atoms with Gasteiger partial charge >= 0.3 is 17.9 Å². The first-order valence-electron chi connectivity index (χ1n) is 14.0. The lowest BCUT2D eigenvalue weighted by Gasteiger charge is -2.39. The monoisotopic (exact) mass is 578 g/mol. The third-order valence-corrected chi connectivity index (χ3v) is 8.34. The van der Waals surface area contributed by atoms with Crippen molar-refractivity contribution in [3.8, 4) is 0 Å². The zero-order chi connectivity index (χ0) is 29.8. The minimum Gasteiger partial charge on any atom is -0.480 e. The van der Waals surface area contributed by atoms with Gasteiger partial charge in [-0.15, -0.1) is 0 Å². The molecule has 226 valence electrons. The number of esters is 1. The van der Waals surface area contributed by atoms with Crippen LogP contribution in [0.4, 0.5) is 0 Å². The van der Waals surface area contributed by atoms with Crippen molar-refractivity contribution in [1.82, 2.24) is 10.2 Å². The van der Waals surface area contributed by atoms with Crippen LogP contribution in [0, 0.1) is 5.92 Å². The number of likely N-dealkylation sites (tertiary alicyclic amines) is 1. The van der Waals surface area contributed by atoms with E-state index in [0.717, 1.165) is 24.8 Å². The molecule has 2 saturated heterocycles. The standard InChI is InChI=1S/C28H38N2O11/c1-14(29-17(25(35)36)12-11-15-7-3-2-4-8-15)24(34)30-18-10-6-5-9-16(18)13-19(30)27(39)41-28-22(33)20(31)21(32)23(40-28)26(37)38/h2-4,7-8,14,16-23,28-29,31-33H,5-6,9-13H2,1H3,(H,35,36)(H,37,38)/t14-,16+,17-,18-,19-,20+,21-,22?,23?,28-/m0/s1. The number of nitrogens with zero attached hydrogens (tertiary/aromatic N) is 1. The number of carboxylic acid groups (broad SMARTS) is 2. The van der Waals surface area contributed by atoms with Crippen LogP contribution >= 0.6 is 0 Å². The lowest BCUT2D eigenvalue weighted by molar-refractivity contribution is -0.287. The Kier molecular flexibility index (Phi) is 9.97. The number of aliphatic hydroxyl groups excluding tert-OH is 3. The number of fused-ring (bicyclic) bond motifs is 1. The highest BCUT2D eigenvalue weighted by Gasteiger charge is 2.52. The van der Waals surface area contributed by atoms with E-state index in [9.17, 15) is 44.7 Å². The van der Waals surface area contributed by atoms with Gasteiger partial charge < -0.3 is 39.9 Å². The highest BCUT2D eigenvalue weighted by Crippen LogP contribution is 2.41. The zero-order valence-corrected chi connectivity index (χ0v) is 22.7. The molecule has 4 rings (SSSR count). The molecule has 0 radical (unpaired) electrons. The first-order valence-corrected chi connectivity index (χ1v) is 14.0. The van der Waals surface area contributed by atoms with E-state index < -0.39 is 72.6 Å². The Morgan fingerprint density at radius 1 is 1.02 bits per heavy atom. The number of aliphatic hydroxyl groups is 3. The minimum absolute atomic E-state index is 0.00202. The quantitative estimate of drug-likeness (QED) is 0.197. The van der Waals surface area contributed by atoms with Gasteiger partial charge in [-0.3, -0.25) is 14.9 Å². The fraction of sp³-hybridized carbons (Fsp3) is 0.643. The third kappa shape index (κ3) is 6.87. The average Bonchev–Trinajstić information content (AvgIpc) is 3.35. The molecule has 1 aliphatic carbocycles. The van der Waals surface area contributed by atoms with Crippen LogP contribution in [0.15, 0.2) is 30.3 Å². The molecule has 2 aliphatic heterocycles. The second kappa shape index (κ2) is 13.3. The smallest absolute Gasteiger partial charge is 0.335 e. The summed E-state index contributed by atoms with van der Waals surface area (Å²) in [6.45, 7) is 1.54. The number of aryl methyl sites for hydroxylation is 1. The van der Waals surface area contributed by atoms with Crippen LogP contribution in [0.1, 0.15) is 51.0 Å². The van der Waals surface area contributed by atoms with Gasteiger partial charge in [-0.05, 0) is 50.5 Å². The number of hydrogen-bond donors (Lipinski definition) is 6. The van der Waals surface area contributed by atoms with Crippen molar-refractivity contribution in [3.63, 3.8) is 0 Å². The second-order valence-electron chi connectivity index (χ2n) is 11.1. The molecule has 0 aromatic heterocycles. The SMILES string of the molecule is C[C@H](N[C@@H](CCc1ccccc1)C(=O)O)C(=O)N1[C@H](C(=O)O[C@@H]2OC(C(=O)O)[C@@H](O)[C@@H](O)C2O)C[C@H]2CCCC[C@@H]21. The Labute approximate surface area is 237 Å². The lowest BCUT2D eigenvalue weighted by atomic mass is 9.84. The van der Waals surface area contributed by atoms with Crippen molar-refractivity contribution in [3.05, 3.63) is 35.9 Å². The summed E-state index contributed by atoms with van der Waals surface area (Å²) in [6, 6.07) is 6.04. The summed E-state index contributed by atoms with van der Waals surface area (Å²) < 4.78 is 10.4. The first-order chi connectivity index (χ1) is 19.5. The molecule has 2 heterocycles. The number of carbonyl (C=O) groups is 4. The van der Waals surface area contributed by atoms with Crippen molar-refractivity contribution >= 4 is 23.8 Å². The number of amides is 1. The maximum absolute atomic E-state index is 13.8. The van der Waals surface area contributed by atoms with Crippen molar-refractivity contribution in [2.45, 2.75) is 107 Å². The molecule has 0 bridgehead atoms. The van der Waals surface area contributed by atoms with E-state index in [1.54, 1.807) is 6.92 Å². The summed E-state index contributed by atoms with van der Waals surface area (Å²) in [7, 11) is 0. The van der Waals surface area contributed by atoms with Gasteiger partial charge in [-0.25, -0.2) is 9.59 Å². The molecule has 3 fully saturated rings. The second-order valence-corrected chi connectivity index (χ2v) is 11.1. The highest BCUT2D eigenvalue weighted by molar-refractivity contribution is 5.89. The van der Waals surface area contributed by atoms with Crippen LogP contribution < -0.4 is 5.32 Å². The van der Waals surface area contributed by atoms with E-state index in [-0.39, 0.29) is 24.8 Å². The molecule has 3 aliphatic rings. The van der Waals surface area contributed by atoms with Gasteiger partial charge in [0.1, 0.15) is 30.4 Å². The maximum atomic E-state index is 13.8. The number of aliphatic carboxylic acids is 2. The van der Waals surface area contributed by atoms with Crippen molar-refractivity contribution < 1.29 is 54.2 Å². The topological polar surface area (TPSA) is 203 Å². The largest absolute Gasteiger partial charge is 0.480 e. The summed E-state index contributed by atoms with van der Waals surface area (Å²) in [5.41, 5.74) is 0.960. The average molecular weight is 579 g/mol. The summed E-state index contributed by atoms with van der Waals surface area (Å²) in [5.74, 6) is -4.15. The highest BCUT2D eigenvalue weighted by atomic mass is 16.7. The number of carbonyl (C=O) groups excluding carboxylic acids is 2. The van der Waals surface area contributed by atoms with Gasteiger partial charge in [-0.2, -0.15) is 0 Å². The van der Waals surface area contributed by atoms with Crippen molar-refractivity contribution in [2.24, 2.45) is 5.92 Å². The van der Waals surface area contributed by atoms with Crippen LogP contribution in [-0.4, -0.2) is 109 Å². The van der Waals surface area contributed by atoms with Crippen LogP contribution in [0.25, 0.3) is 0 Å². The van der Waals surface area contributed by atoms with Crippen LogP contribution in [0.5, 0.6) is 0 Å². The summed E-state index contributed by atoms with van der Waals surface area (Å²) in [5, 5.41) is 52.3. The zero-order valence-electron chi connectivity index (χ0n) is 22.7. The molecule has 1 saturated carbocycles. The van der Waals surface area contributed by atoms with Gasteiger partial charge in [0, 0.05) is 6.04 Å². The van der Waals surface area contributed by atoms with E-state index in [1.165, 1.54) is 4.90 Å². The van der Waals surface area contributed by atoms with Gasteiger partial charge in [0.2, 0.25) is 12.2 Å². The van der Waals surface area contributed by atoms with E-state index >= 15 is 0 Å². The molecule has 1 amide bonds. The Hall–Kier alpha value is -3.10. The predicted molar refractivity (Wildman–Crippen MR) is 140 cm³/mol. The fourth-order valence-electron chi connectivity index (χ4n) is 6.16. The van der Waals surface area contributed by atoms with Gasteiger partial charge in [-0.1, -0.05) is 43.2 Å². The fourth-order valence-corrected chi connectivity index (χ4v) is 6.16. The number of ether oxygens (including phenoxy) is 2. The van der Waals surface area contributed by atoms with Crippen LogP contribution in [0.2, 0.25) is 0 Å². The van der Waals surface area contributed by atoms with Crippen molar-refractivity contribution in [1.29, 1.82) is 0 Å². The maximum Gasteiger partial charge on any atom is 0.335 e. The Morgan fingerprint density at radius 3 is 2.37 bits per heavy atom. The molecule has 41 heavy (non-hydrogen) atoms. The Bertz CT molecular complexity index is 1100. The first kappa shape index (κ1) is 30.8. The Morgan fingerprint density at radius 2 is 1.71 bits per heavy atom. The molecular formula is C28H38N2O11. The van der Waals surface area contributed by atoms with Gasteiger partial charge in [0.05, 0.1) is 6.04 Å². The minimum atomic E-state index is -1.94. The number of carboxylic acids is 2. The number of nitrogens with one attached hydrogen (secondary N) is 1. The molecule has 10 atom stereocenters. The molecule has 6 N–H and O–H groups in total. The summed E-state index contributed by atoms with van der Waals surface area (Å²) in [6.07, 6.45) is -5.43. The van der Waals surface area contributed by atoms with Crippen LogP contribution in [0.3, 0.4) is 0 Å². The number of benzene rings is 1. The molecule has 13 heteroatoms. The number of hydrogen-bond acceptors (Lipinski definition) is 10. The molecule has 0 spiro atoms. The normalized spacial score (nSPS) is 32.9. The van der Waals surface area contributed by atoms with E-state index in [0.29, 0.717) is 12.8 Å². The number of rotatable bonds is 10. The molecule has 13 nitrogen and oxygen atoms in total. The summed E-state index contributed by atoms with van der Waals surface area (Å²) >= 11 is 0. The van der Waals surface area contributed by atoms with Gasteiger partial charge in [0.15, 0.2) is 6.10 Å². The van der Waals surface area contributed by atoms with Crippen LogP contribution in [-0.2, 0) is 35.1 Å². The molecule has 1 aromatic carbocycles. The third-order valence-electron chi connectivity index (χ3n) is 8.34. The predicted octanol–water partition coefficient (Wildman–Crippen LogP) is -0.354.